The zero-order chi connectivity index (χ0) is 18.6. The first-order valence-electron chi connectivity index (χ1n) is 8.59. The van der Waals surface area contributed by atoms with E-state index < -0.39 is 0 Å². The van der Waals surface area contributed by atoms with Gasteiger partial charge >= 0.3 is 0 Å². The number of anilines is 1. The van der Waals surface area contributed by atoms with Crippen molar-refractivity contribution in [2.75, 3.05) is 31.1 Å². The summed E-state index contributed by atoms with van der Waals surface area (Å²) >= 11 is 6.21. The van der Waals surface area contributed by atoms with Crippen LogP contribution < -0.4 is 4.90 Å². The lowest BCUT2D eigenvalue weighted by molar-refractivity contribution is 0.0745. The van der Waals surface area contributed by atoms with Crippen LogP contribution in [-0.2, 0) is 0 Å². The number of rotatable bonds is 3. The van der Waals surface area contributed by atoms with Crippen molar-refractivity contribution >= 4 is 23.3 Å². The molecular weight excluding hydrogens is 364 g/mol. The second-order valence-electron chi connectivity index (χ2n) is 6.12. The number of nitrogens with zero attached hydrogens (tertiary/aromatic N) is 6. The van der Waals surface area contributed by atoms with Crippen molar-refractivity contribution in [3.05, 3.63) is 65.8 Å². The quantitative estimate of drug-likeness (QED) is 0.695. The van der Waals surface area contributed by atoms with Crippen LogP contribution in [0.25, 0.3) is 11.4 Å². The molecule has 1 aliphatic heterocycles. The van der Waals surface area contributed by atoms with Gasteiger partial charge in [0.15, 0.2) is 5.82 Å². The topological polar surface area (TPSA) is 75.1 Å². The van der Waals surface area contributed by atoms with Crippen molar-refractivity contribution in [1.82, 2.24) is 24.8 Å². The van der Waals surface area contributed by atoms with Crippen molar-refractivity contribution in [3.63, 3.8) is 0 Å². The van der Waals surface area contributed by atoms with E-state index in [-0.39, 0.29) is 5.91 Å². The Hall–Kier alpha value is -3.06. The number of hydrogen-bond acceptors (Lipinski definition) is 6. The monoisotopic (exact) mass is 380 g/mol. The van der Waals surface area contributed by atoms with Gasteiger partial charge in [-0.1, -0.05) is 11.6 Å². The van der Waals surface area contributed by atoms with Crippen LogP contribution in [0.3, 0.4) is 0 Å². The SMILES string of the molecule is O=C(c1cnc(-c2ccncc2)nc1)N1CCN(c2ncccc2Cl)CC1. The zero-order valence-corrected chi connectivity index (χ0v) is 15.3. The number of hydrogen-bond donors (Lipinski definition) is 0. The maximum Gasteiger partial charge on any atom is 0.257 e. The van der Waals surface area contributed by atoms with Crippen molar-refractivity contribution in [2.24, 2.45) is 0 Å². The number of carbonyl (C=O) groups is 1. The minimum atomic E-state index is -0.0666. The number of piperazine rings is 1. The molecule has 0 aliphatic carbocycles. The van der Waals surface area contributed by atoms with Gasteiger partial charge in [0.25, 0.3) is 5.91 Å². The molecule has 0 atom stereocenters. The fourth-order valence-corrected chi connectivity index (χ4v) is 3.24. The highest BCUT2D eigenvalue weighted by Crippen LogP contribution is 2.23. The Labute approximate surface area is 161 Å². The van der Waals surface area contributed by atoms with Gasteiger partial charge in [-0.2, -0.15) is 0 Å². The summed E-state index contributed by atoms with van der Waals surface area (Å²) in [5.41, 5.74) is 1.35. The fourth-order valence-electron chi connectivity index (χ4n) is 3.00. The standard InChI is InChI=1S/C19H17ClN6O/c20-16-2-1-5-22-18(16)25-8-10-26(11-9-25)19(27)15-12-23-17(24-13-15)14-3-6-21-7-4-14/h1-7,12-13H,8-11H2. The van der Waals surface area contributed by atoms with Gasteiger partial charge < -0.3 is 9.80 Å². The average Bonchev–Trinajstić information content (AvgIpc) is 2.74. The second-order valence-corrected chi connectivity index (χ2v) is 6.53. The molecule has 3 aromatic heterocycles. The van der Waals surface area contributed by atoms with E-state index in [9.17, 15) is 4.79 Å². The number of halogens is 1. The number of amides is 1. The second kappa shape index (κ2) is 7.67. The van der Waals surface area contributed by atoms with E-state index in [2.05, 4.69) is 24.8 Å². The van der Waals surface area contributed by atoms with Gasteiger partial charge in [-0.05, 0) is 24.3 Å². The third kappa shape index (κ3) is 3.73. The van der Waals surface area contributed by atoms with E-state index in [1.54, 1.807) is 42.0 Å². The molecular formula is C19H17ClN6O. The summed E-state index contributed by atoms with van der Waals surface area (Å²) in [6.45, 7) is 2.55. The highest BCUT2D eigenvalue weighted by Gasteiger charge is 2.24. The van der Waals surface area contributed by atoms with Crippen LogP contribution in [0.1, 0.15) is 10.4 Å². The molecule has 4 rings (SSSR count). The van der Waals surface area contributed by atoms with Gasteiger partial charge in [-0.3, -0.25) is 9.78 Å². The number of carbonyl (C=O) groups excluding carboxylic acids is 1. The Bertz CT molecular complexity index is 926. The lowest BCUT2D eigenvalue weighted by atomic mass is 10.2. The van der Waals surface area contributed by atoms with E-state index in [0.717, 1.165) is 11.4 Å². The lowest BCUT2D eigenvalue weighted by Crippen LogP contribution is -2.49. The Morgan fingerprint density at radius 1 is 0.926 bits per heavy atom. The first kappa shape index (κ1) is 17.4. The van der Waals surface area contributed by atoms with Crippen LogP contribution in [0, 0.1) is 0 Å². The van der Waals surface area contributed by atoms with Crippen molar-refractivity contribution in [1.29, 1.82) is 0 Å². The molecule has 0 N–H and O–H groups in total. The molecule has 1 aliphatic rings. The first-order chi connectivity index (χ1) is 13.2. The predicted octanol–water partition coefficient (Wildman–Crippen LogP) is 2.55. The van der Waals surface area contributed by atoms with E-state index in [4.69, 9.17) is 11.6 Å². The van der Waals surface area contributed by atoms with Crippen LogP contribution in [0.2, 0.25) is 5.02 Å². The summed E-state index contributed by atoms with van der Waals surface area (Å²) in [4.78, 5) is 33.6. The Kier molecular flexibility index (Phi) is 4.93. The molecule has 0 radical (unpaired) electrons. The van der Waals surface area contributed by atoms with Crippen LogP contribution in [0.5, 0.6) is 0 Å². The van der Waals surface area contributed by atoms with Crippen LogP contribution in [-0.4, -0.2) is 56.9 Å². The maximum absolute atomic E-state index is 12.7. The maximum atomic E-state index is 12.7. The molecule has 0 aromatic carbocycles. The summed E-state index contributed by atoms with van der Waals surface area (Å²) in [5.74, 6) is 1.27. The van der Waals surface area contributed by atoms with E-state index in [0.29, 0.717) is 42.6 Å². The van der Waals surface area contributed by atoms with E-state index in [1.165, 1.54) is 0 Å². The fraction of sp³-hybridized carbons (Fsp3) is 0.211. The highest BCUT2D eigenvalue weighted by atomic mass is 35.5. The molecule has 1 amide bonds. The molecule has 4 heterocycles. The Morgan fingerprint density at radius 2 is 1.63 bits per heavy atom. The molecule has 3 aromatic rings. The van der Waals surface area contributed by atoms with E-state index >= 15 is 0 Å². The molecule has 1 fully saturated rings. The minimum Gasteiger partial charge on any atom is -0.352 e. The number of pyridine rings is 2. The summed E-state index contributed by atoms with van der Waals surface area (Å²) in [6, 6.07) is 7.29. The summed E-state index contributed by atoms with van der Waals surface area (Å²) in [7, 11) is 0. The van der Waals surface area contributed by atoms with Gasteiger partial charge in [0.1, 0.15) is 5.82 Å². The van der Waals surface area contributed by atoms with Gasteiger partial charge in [0.2, 0.25) is 0 Å². The highest BCUT2D eigenvalue weighted by molar-refractivity contribution is 6.32. The van der Waals surface area contributed by atoms with Gasteiger partial charge in [-0.15, -0.1) is 0 Å². The van der Waals surface area contributed by atoms with Gasteiger partial charge in [-0.25, -0.2) is 15.0 Å². The Balaban J connectivity index is 1.41. The van der Waals surface area contributed by atoms with Crippen molar-refractivity contribution in [3.8, 4) is 11.4 Å². The zero-order valence-electron chi connectivity index (χ0n) is 14.5. The van der Waals surface area contributed by atoms with Crippen molar-refractivity contribution < 1.29 is 4.79 Å². The van der Waals surface area contributed by atoms with Crippen LogP contribution in [0.15, 0.2) is 55.2 Å². The molecule has 7 nitrogen and oxygen atoms in total. The van der Waals surface area contributed by atoms with Crippen LogP contribution >= 0.6 is 11.6 Å². The number of aromatic nitrogens is 4. The summed E-state index contributed by atoms with van der Waals surface area (Å²) < 4.78 is 0. The predicted molar refractivity (Wildman–Crippen MR) is 103 cm³/mol. The molecule has 0 unspecified atom stereocenters. The van der Waals surface area contributed by atoms with Crippen molar-refractivity contribution in [2.45, 2.75) is 0 Å². The average molecular weight is 381 g/mol. The third-order valence-corrected chi connectivity index (χ3v) is 4.74. The third-order valence-electron chi connectivity index (χ3n) is 4.44. The summed E-state index contributed by atoms with van der Waals surface area (Å²) in [6.07, 6.45) is 8.25. The Morgan fingerprint density at radius 3 is 2.30 bits per heavy atom. The van der Waals surface area contributed by atoms with E-state index in [1.807, 2.05) is 18.2 Å². The lowest BCUT2D eigenvalue weighted by Gasteiger charge is -2.35. The first-order valence-corrected chi connectivity index (χ1v) is 8.97. The summed E-state index contributed by atoms with van der Waals surface area (Å²) in [5, 5.41) is 0.623. The van der Waals surface area contributed by atoms with Gasteiger partial charge in [0.05, 0.1) is 10.6 Å². The molecule has 136 valence electrons. The molecule has 0 saturated carbocycles. The molecule has 1 saturated heterocycles. The normalized spacial score (nSPS) is 14.3. The molecule has 27 heavy (non-hydrogen) atoms. The minimum absolute atomic E-state index is 0.0666. The smallest absolute Gasteiger partial charge is 0.257 e. The molecule has 0 spiro atoms. The molecule has 0 bridgehead atoms. The van der Waals surface area contributed by atoms with Crippen LogP contribution in [0.4, 0.5) is 5.82 Å². The van der Waals surface area contributed by atoms with Gasteiger partial charge in [0, 0.05) is 62.7 Å². The largest absolute Gasteiger partial charge is 0.352 e. The molecule has 8 heteroatoms.